The number of hydrogen-bond acceptors (Lipinski definition) is 4. The van der Waals surface area contributed by atoms with E-state index in [1.54, 1.807) is 25.1 Å². The molecule has 0 aliphatic heterocycles. The van der Waals surface area contributed by atoms with Crippen molar-refractivity contribution < 1.29 is 4.79 Å². The largest absolute Gasteiger partial charge is 0.325 e. The standard InChI is InChI=1S/C28H21Cl2N3OS/c1-17-7-13-21(14-8-17)32-27(34)18(2)35-28-24(16-31)23(22-5-3-4-6-25(22)30)15-26(33-28)19-9-11-20(29)12-10-19/h3-15,18H,1-2H3,(H,32,34). The first-order chi connectivity index (χ1) is 16.9. The van der Waals surface area contributed by atoms with Gasteiger partial charge in [0.05, 0.1) is 16.5 Å². The third-order valence-corrected chi connectivity index (χ3v) is 7.05. The number of benzene rings is 3. The van der Waals surface area contributed by atoms with Gasteiger partial charge in [0.15, 0.2) is 0 Å². The van der Waals surface area contributed by atoms with Crippen molar-refractivity contribution in [2.45, 2.75) is 24.1 Å². The Bertz CT molecular complexity index is 1410. The van der Waals surface area contributed by atoms with Gasteiger partial charge in [0.1, 0.15) is 11.1 Å². The van der Waals surface area contributed by atoms with Gasteiger partial charge in [0, 0.05) is 32.4 Å². The van der Waals surface area contributed by atoms with Crippen LogP contribution in [0, 0.1) is 18.3 Å². The summed E-state index contributed by atoms with van der Waals surface area (Å²) in [4.78, 5) is 17.7. The van der Waals surface area contributed by atoms with E-state index in [1.165, 1.54) is 11.8 Å². The van der Waals surface area contributed by atoms with Crippen molar-refractivity contribution in [3.8, 4) is 28.5 Å². The molecule has 0 aliphatic carbocycles. The molecule has 4 aromatic rings. The van der Waals surface area contributed by atoms with Gasteiger partial charge in [-0.3, -0.25) is 4.79 Å². The summed E-state index contributed by atoms with van der Waals surface area (Å²) >= 11 is 13.8. The topological polar surface area (TPSA) is 65.8 Å². The number of carbonyl (C=O) groups is 1. The van der Waals surface area contributed by atoms with Gasteiger partial charge in [0.2, 0.25) is 5.91 Å². The van der Waals surface area contributed by atoms with Gasteiger partial charge < -0.3 is 5.32 Å². The zero-order chi connectivity index (χ0) is 24.9. The van der Waals surface area contributed by atoms with E-state index in [1.807, 2.05) is 67.6 Å². The van der Waals surface area contributed by atoms with Crippen molar-refractivity contribution in [1.82, 2.24) is 4.98 Å². The fourth-order valence-corrected chi connectivity index (χ4v) is 4.77. The summed E-state index contributed by atoms with van der Waals surface area (Å²) in [6, 6.07) is 26.4. The highest BCUT2D eigenvalue weighted by Crippen LogP contribution is 2.38. The number of aromatic nitrogens is 1. The van der Waals surface area contributed by atoms with Crippen LogP contribution >= 0.6 is 35.0 Å². The third-order valence-electron chi connectivity index (χ3n) is 5.38. The molecule has 1 unspecified atom stereocenters. The summed E-state index contributed by atoms with van der Waals surface area (Å²) in [6.07, 6.45) is 0. The lowest BCUT2D eigenvalue weighted by Crippen LogP contribution is -2.22. The number of amides is 1. The summed E-state index contributed by atoms with van der Waals surface area (Å²) in [5, 5.41) is 14.1. The molecule has 1 aromatic heterocycles. The molecule has 4 nitrogen and oxygen atoms in total. The van der Waals surface area contributed by atoms with Crippen LogP contribution in [-0.4, -0.2) is 16.1 Å². The Morgan fingerprint density at radius 1 is 1.00 bits per heavy atom. The highest BCUT2D eigenvalue weighted by molar-refractivity contribution is 8.00. The SMILES string of the molecule is Cc1ccc(NC(=O)C(C)Sc2nc(-c3ccc(Cl)cc3)cc(-c3ccccc3Cl)c2C#N)cc1. The van der Waals surface area contributed by atoms with Crippen LogP contribution in [0.5, 0.6) is 0 Å². The number of hydrogen-bond donors (Lipinski definition) is 1. The maximum absolute atomic E-state index is 12.9. The monoisotopic (exact) mass is 517 g/mol. The molecule has 0 aliphatic rings. The average molecular weight is 518 g/mol. The Hall–Kier alpha value is -3.30. The molecule has 3 aromatic carbocycles. The van der Waals surface area contributed by atoms with Crippen LogP contribution in [0.2, 0.25) is 10.0 Å². The number of pyridine rings is 1. The zero-order valence-electron chi connectivity index (χ0n) is 19.0. The number of aryl methyl sites for hydroxylation is 1. The summed E-state index contributed by atoms with van der Waals surface area (Å²) in [5.74, 6) is -0.180. The van der Waals surface area contributed by atoms with E-state index < -0.39 is 5.25 Å². The van der Waals surface area contributed by atoms with E-state index in [4.69, 9.17) is 28.2 Å². The van der Waals surface area contributed by atoms with Crippen LogP contribution in [0.4, 0.5) is 5.69 Å². The van der Waals surface area contributed by atoms with Crippen molar-refractivity contribution in [2.24, 2.45) is 0 Å². The minimum absolute atomic E-state index is 0.180. The van der Waals surface area contributed by atoms with Crippen LogP contribution in [0.25, 0.3) is 22.4 Å². The van der Waals surface area contributed by atoms with Gasteiger partial charge in [-0.25, -0.2) is 4.98 Å². The van der Waals surface area contributed by atoms with Crippen LogP contribution in [0.3, 0.4) is 0 Å². The maximum atomic E-state index is 12.9. The Morgan fingerprint density at radius 3 is 2.34 bits per heavy atom. The first-order valence-corrected chi connectivity index (χ1v) is 12.5. The summed E-state index contributed by atoms with van der Waals surface area (Å²) in [6.45, 7) is 3.78. The molecule has 174 valence electrons. The van der Waals surface area contributed by atoms with E-state index in [9.17, 15) is 10.1 Å². The molecule has 0 spiro atoms. The minimum Gasteiger partial charge on any atom is -0.325 e. The number of halogens is 2. The number of nitrogens with one attached hydrogen (secondary N) is 1. The highest BCUT2D eigenvalue weighted by atomic mass is 35.5. The predicted octanol–water partition coefficient (Wildman–Crippen LogP) is 8.02. The molecule has 0 saturated heterocycles. The van der Waals surface area contributed by atoms with Crippen LogP contribution in [0.15, 0.2) is 83.9 Å². The number of rotatable bonds is 6. The van der Waals surface area contributed by atoms with Gasteiger partial charge in [-0.1, -0.05) is 83.0 Å². The Kier molecular flexibility index (Phi) is 7.77. The molecule has 0 saturated carbocycles. The van der Waals surface area contributed by atoms with E-state index in [2.05, 4.69) is 11.4 Å². The van der Waals surface area contributed by atoms with Gasteiger partial charge in [0.25, 0.3) is 0 Å². The van der Waals surface area contributed by atoms with Crippen LogP contribution in [0.1, 0.15) is 18.1 Å². The Morgan fingerprint density at radius 2 is 1.69 bits per heavy atom. The second kappa shape index (κ2) is 11.0. The average Bonchev–Trinajstić information content (AvgIpc) is 2.85. The smallest absolute Gasteiger partial charge is 0.237 e. The quantitative estimate of drug-likeness (QED) is 0.263. The third kappa shape index (κ3) is 5.86. The van der Waals surface area contributed by atoms with Gasteiger partial charge >= 0.3 is 0 Å². The highest BCUT2D eigenvalue weighted by Gasteiger charge is 2.22. The summed E-state index contributed by atoms with van der Waals surface area (Å²) in [5.41, 5.74) is 5.08. The second-order valence-corrected chi connectivity index (χ2v) is 10.1. The van der Waals surface area contributed by atoms with E-state index in [0.29, 0.717) is 37.6 Å². The fourth-order valence-electron chi connectivity index (χ4n) is 3.48. The summed E-state index contributed by atoms with van der Waals surface area (Å²) < 4.78 is 0. The molecule has 0 bridgehead atoms. The number of thioether (sulfide) groups is 1. The molecule has 1 heterocycles. The predicted molar refractivity (Wildman–Crippen MR) is 145 cm³/mol. The molecule has 1 atom stereocenters. The summed E-state index contributed by atoms with van der Waals surface area (Å²) in [7, 11) is 0. The lowest BCUT2D eigenvalue weighted by Gasteiger charge is -2.16. The number of nitrogens with zero attached hydrogens (tertiary/aromatic N) is 2. The second-order valence-electron chi connectivity index (χ2n) is 7.95. The van der Waals surface area contributed by atoms with E-state index in [0.717, 1.165) is 16.7 Å². The normalized spacial score (nSPS) is 11.5. The molecule has 35 heavy (non-hydrogen) atoms. The van der Waals surface area contributed by atoms with Crippen LogP contribution < -0.4 is 5.32 Å². The number of anilines is 1. The lowest BCUT2D eigenvalue weighted by atomic mass is 9.99. The van der Waals surface area contributed by atoms with Crippen LogP contribution in [-0.2, 0) is 4.79 Å². The van der Waals surface area contributed by atoms with Crippen molar-refractivity contribution in [3.63, 3.8) is 0 Å². The molecule has 0 radical (unpaired) electrons. The molecule has 1 amide bonds. The number of nitriles is 1. The van der Waals surface area contributed by atoms with Crippen molar-refractivity contribution in [1.29, 1.82) is 5.26 Å². The fraction of sp³-hybridized carbons (Fsp3) is 0.107. The van der Waals surface area contributed by atoms with E-state index in [-0.39, 0.29) is 5.91 Å². The van der Waals surface area contributed by atoms with Gasteiger partial charge in [-0.05, 0) is 50.2 Å². The Balaban J connectivity index is 1.75. The van der Waals surface area contributed by atoms with Gasteiger partial charge in [-0.15, -0.1) is 0 Å². The maximum Gasteiger partial charge on any atom is 0.237 e. The molecule has 7 heteroatoms. The molecular weight excluding hydrogens is 497 g/mol. The van der Waals surface area contributed by atoms with Crippen molar-refractivity contribution >= 4 is 46.6 Å². The first-order valence-electron chi connectivity index (χ1n) is 10.9. The minimum atomic E-state index is -0.504. The lowest BCUT2D eigenvalue weighted by molar-refractivity contribution is -0.115. The number of carbonyl (C=O) groups excluding carboxylic acids is 1. The first kappa shape index (κ1) is 24.8. The molecule has 1 N–H and O–H groups in total. The zero-order valence-corrected chi connectivity index (χ0v) is 21.4. The van der Waals surface area contributed by atoms with Crippen molar-refractivity contribution in [3.05, 3.63) is 100 Å². The molecular formula is C28H21Cl2N3OS. The van der Waals surface area contributed by atoms with Gasteiger partial charge in [-0.2, -0.15) is 5.26 Å². The van der Waals surface area contributed by atoms with E-state index >= 15 is 0 Å². The Labute approximate surface area is 218 Å². The van der Waals surface area contributed by atoms with Crippen molar-refractivity contribution in [2.75, 3.05) is 5.32 Å². The molecule has 0 fully saturated rings. The molecule has 4 rings (SSSR count).